The van der Waals surface area contributed by atoms with Crippen molar-refractivity contribution in [3.63, 3.8) is 0 Å². The molecule has 0 fully saturated rings. The fraction of sp³-hybridized carbons (Fsp3) is 0.583. The minimum Gasteiger partial charge on any atom is -0.312 e. The van der Waals surface area contributed by atoms with Gasteiger partial charge in [0.25, 0.3) is 0 Å². The van der Waals surface area contributed by atoms with Gasteiger partial charge in [-0.3, -0.25) is 4.68 Å². The van der Waals surface area contributed by atoms with Crippen LogP contribution in [0.1, 0.15) is 32.8 Å². The van der Waals surface area contributed by atoms with Gasteiger partial charge in [-0.05, 0) is 33.7 Å². The van der Waals surface area contributed by atoms with Gasteiger partial charge in [0.2, 0.25) is 0 Å². The molecule has 0 aromatic carbocycles. The quantitative estimate of drug-likeness (QED) is 0.767. The minimum absolute atomic E-state index is 0.210. The van der Waals surface area contributed by atoms with Gasteiger partial charge in [0, 0.05) is 24.3 Å². The first-order valence-corrected chi connectivity index (χ1v) is 5.37. The average Bonchev–Trinajstić information content (AvgIpc) is 2.49. The third kappa shape index (κ3) is 5.37. The molecule has 0 radical (unpaired) electrons. The van der Waals surface area contributed by atoms with Gasteiger partial charge >= 0.3 is 0 Å². The predicted molar refractivity (Wildman–Crippen MR) is 64.6 cm³/mol. The van der Waals surface area contributed by atoms with Crippen LogP contribution in [-0.2, 0) is 7.05 Å². The first kappa shape index (κ1) is 12.0. The molecule has 1 aromatic heterocycles. The van der Waals surface area contributed by atoms with E-state index in [-0.39, 0.29) is 5.54 Å². The monoisotopic (exact) mass is 207 g/mol. The van der Waals surface area contributed by atoms with Crippen molar-refractivity contribution in [3.8, 4) is 0 Å². The van der Waals surface area contributed by atoms with Crippen LogP contribution < -0.4 is 5.32 Å². The Morgan fingerprint density at radius 3 is 2.73 bits per heavy atom. The normalized spacial score (nSPS) is 12.5. The zero-order valence-electron chi connectivity index (χ0n) is 10.1. The van der Waals surface area contributed by atoms with Crippen molar-refractivity contribution in [1.82, 2.24) is 15.1 Å². The largest absolute Gasteiger partial charge is 0.312 e. The molecule has 1 N–H and O–H groups in total. The van der Waals surface area contributed by atoms with Gasteiger partial charge in [-0.25, -0.2) is 0 Å². The molecular formula is C12H21N3. The van der Waals surface area contributed by atoms with Gasteiger partial charge in [0.15, 0.2) is 0 Å². The molecule has 1 aromatic rings. The van der Waals surface area contributed by atoms with Crippen molar-refractivity contribution in [2.75, 3.05) is 6.54 Å². The van der Waals surface area contributed by atoms with Crippen LogP contribution in [-0.4, -0.2) is 21.9 Å². The third-order valence-corrected chi connectivity index (χ3v) is 2.00. The lowest BCUT2D eigenvalue weighted by molar-refractivity contribution is 0.431. The van der Waals surface area contributed by atoms with Crippen LogP contribution in [0.5, 0.6) is 0 Å². The topological polar surface area (TPSA) is 29.9 Å². The van der Waals surface area contributed by atoms with Gasteiger partial charge in [-0.15, -0.1) is 0 Å². The Balaban J connectivity index is 2.23. The molecule has 3 heteroatoms. The van der Waals surface area contributed by atoms with E-state index in [1.807, 2.05) is 24.1 Å². The van der Waals surface area contributed by atoms with Gasteiger partial charge < -0.3 is 5.32 Å². The lowest BCUT2D eigenvalue weighted by atomic mass is 10.1. The average molecular weight is 207 g/mol. The summed E-state index contributed by atoms with van der Waals surface area (Å²) in [7, 11) is 1.93. The van der Waals surface area contributed by atoms with Crippen LogP contribution >= 0.6 is 0 Å². The number of nitrogens with zero attached hydrogens (tertiary/aromatic N) is 2. The summed E-state index contributed by atoms with van der Waals surface area (Å²) in [6.45, 7) is 7.55. The van der Waals surface area contributed by atoms with E-state index < -0.39 is 0 Å². The molecule has 0 bridgehead atoms. The van der Waals surface area contributed by atoms with Crippen molar-refractivity contribution in [2.24, 2.45) is 7.05 Å². The number of aryl methyl sites for hydroxylation is 1. The zero-order valence-corrected chi connectivity index (χ0v) is 10.1. The number of nitrogens with one attached hydrogen (secondary N) is 1. The van der Waals surface area contributed by atoms with E-state index in [2.05, 4.69) is 43.3 Å². The molecular weight excluding hydrogens is 186 g/mol. The highest BCUT2D eigenvalue weighted by molar-refractivity contribution is 5.46. The summed E-state index contributed by atoms with van der Waals surface area (Å²) in [5.41, 5.74) is 1.37. The Hall–Kier alpha value is -1.09. The van der Waals surface area contributed by atoms with Gasteiger partial charge in [0.05, 0.1) is 6.20 Å². The van der Waals surface area contributed by atoms with Gasteiger partial charge in [-0.2, -0.15) is 5.10 Å². The maximum absolute atomic E-state index is 4.10. The predicted octanol–water partition coefficient (Wildman–Crippen LogP) is 2.21. The first-order valence-electron chi connectivity index (χ1n) is 5.37. The van der Waals surface area contributed by atoms with Crippen molar-refractivity contribution in [2.45, 2.75) is 32.7 Å². The van der Waals surface area contributed by atoms with Crippen molar-refractivity contribution in [1.29, 1.82) is 0 Å². The maximum Gasteiger partial charge on any atom is 0.0562 e. The SMILES string of the molecule is Cn1cc(C=CCCNC(C)(C)C)cn1. The summed E-state index contributed by atoms with van der Waals surface area (Å²) in [4.78, 5) is 0. The van der Waals surface area contributed by atoms with Crippen LogP contribution in [0, 0.1) is 0 Å². The molecule has 3 nitrogen and oxygen atoms in total. The number of hydrogen-bond donors (Lipinski definition) is 1. The molecule has 1 heterocycles. The highest BCUT2D eigenvalue weighted by Gasteiger charge is 2.06. The minimum atomic E-state index is 0.210. The van der Waals surface area contributed by atoms with Crippen molar-refractivity contribution < 1.29 is 0 Å². The second kappa shape index (κ2) is 5.12. The van der Waals surface area contributed by atoms with E-state index in [4.69, 9.17) is 0 Å². The molecule has 0 aliphatic carbocycles. The molecule has 0 saturated heterocycles. The van der Waals surface area contributed by atoms with Gasteiger partial charge in [-0.1, -0.05) is 12.2 Å². The third-order valence-electron chi connectivity index (χ3n) is 2.00. The molecule has 0 aliphatic heterocycles. The molecule has 0 amide bonds. The van der Waals surface area contributed by atoms with Crippen LogP contribution in [0.4, 0.5) is 0 Å². The van der Waals surface area contributed by atoms with E-state index in [1.54, 1.807) is 0 Å². The summed E-state index contributed by atoms with van der Waals surface area (Å²) in [5.74, 6) is 0. The summed E-state index contributed by atoms with van der Waals surface area (Å²) >= 11 is 0. The molecule has 0 unspecified atom stereocenters. The Bertz CT molecular complexity index is 318. The molecule has 15 heavy (non-hydrogen) atoms. The van der Waals surface area contributed by atoms with Crippen molar-refractivity contribution >= 4 is 6.08 Å². The zero-order chi connectivity index (χ0) is 11.3. The molecule has 0 atom stereocenters. The number of rotatable bonds is 4. The summed E-state index contributed by atoms with van der Waals surface area (Å²) in [6.07, 6.45) is 9.21. The van der Waals surface area contributed by atoms with E-state index in [9.17, 15) is 0 Å². The number of hydrogen-bond acceptors (Lipinski definition) is 2. The van der Waals surface area contributed by atoms with E-state index >= 15 is 0 Å². The first-order chi connectivity index (χ1) is 6.97. The second-order valence-electron chi connectivity index (χ2n) is 4.82. The number of aromatic nitrogens is 2. The molecule has 0 saturated carbocycles. The molecule has 0 aliphatic rings. The lowest BCUT2D eigenvalue weighted by Crippen LogP contribution is -2.36. The lowest BCUT2D eigenvalue weighted by Gasteiger charge is -2.19. The highest BCUT2D eigenvalue weighted by atomic mass is 15.2. The van der Waals surface area contributed by atoms with Crippen LogP contribution in [0.3, 0.4) is 0 Å². The Morgan fingerprint density at radius 1 is 1.47 bits per heavy atom. The maximum atomic E-state index is 4.10. The smallest absolute Gasteiger partial charge is 0.0562 e. The van der Waals surface area contributed by atoms with Gasteiger partial charge in [0.1, 0.15) is 0 Å². The van der Waals surface area contributed by atoms with E-state index in [0.29, 0.717) is 0 Å². The highest BCUT2D eigenvalue weighted by Crippen LogP contribution is 2.01. The summed E-state index contributed by atoms with van der Waals surface area (Å²) in [5, 5.41) is 7.55. The Labute approximate surface area is 92.2 Å². The summed E-state index contributed by atoms with van der Waals surface area (Å²) < 4.78 is 1.81. The second-order valence-corrected chi connectivity index (χ2v) is 4.82. The standard InChI is InChI=1S/C12H21N3/c1-12(2,3)13-8-6-5-7-11-9-14-15(4)10-11/h5,7,9-10,13H,6,8H2,1-4H3. The molecule has 0 spiro atoms. The summed E-state index contributed by atoms with van der Waals surface area (Å²) in [6, 6.07) is 0. The van der Waals surface area contributed by atoms with Crippen LogP contribution in [0.25, 0.3) is 6.08 Å². The van der Waals surface area contributed by atoms with Crippen molar-refractivity contribution in [3.05, 3.63) is 24.0 Å². The van der Waals surface area contributed by atoms with E-state index in [1.165, 1.54) is 0 Å². The van der Waals surface area contributed by atoms with Crippen LogP contribution in [0.2, 0.25) is 0 Å². The Morgan fingerprint density at radius 2 is 2.20 bits per heavy atom. The molecule has 84 valence electrons. The fourth-order valence-electron chi connectivity index (χ4n) is 1.28. The van der Waals surface area contributed by atoms with E-state index in [0.717, 1.165) is 18.5 Å². The fourth-order valence-corrected chi connectivity index (χ4v) is 1.28. The van der Waals surface area contributed by atoms with Crippen LogP contribution in [0.15, 0.2) is 18.5 Å². The molecule has 1 rings (SSSR count). The Kier molecular flexibility index (Phi) is 4.09.